The van der Waals surface area contributed by atoms with E-state index in [-0.39, 0.29) is 11.6 Å². The summed E-state index contributed by atoms with van der Waals surface area (Å²) >= 11 is 5.18. The largest absolute Gasteiger partial charge is 0.478 e. The fraction of sp³-hybridized carbons (Fsp3) is 0.118. The molecule has 0 saturated heterocycles. The average molecular weight is 327 g/mol. The Morgan fingerprint density at radius 3 is 2.52 bits per heavy atom. The zero-order valence-corrected chi connectivity index (χ0v) is 13.4. The lowest BCUT2D eigenvalue weighted by atomic mass is 10.1. The molecule has 0 amide bonds. The third-order valence-corrected chi connectivity index (χ3v) is 3.42. The first-order valence-corrected chi connectivity index (χ1v) is 7.45. The molecule has 1 atom stereocenters. The van der Waals surface area contributed by atoms with Crippen molar-refractivity contribution in [3.05, 3.63) is 71.3 Å². The van der Waals surface area contributed by atoms with Crippen LogP contribution in [0.4, 0.5) is 0 Å². The number of aromatic carboxylic acids is 1. The Bertz CT molecular complexity index is 717. The zero-order valence-electron chi connectivity index (χ0n) is 12.6. The van der Waals surface area contributed by atoms with E-state index in [0.717, 1.165) is 5.56 Å². The third-order valence-electron chi connectivity index (χ3n) is 3.21. The summed E-state index contributed by atoms with van der Waals surface area (Å²) < 4.78 is 0. The first kappa shape index (κ1) is 16.6. The topological polar surface area (TPSA) is 73.7 Å². The number of nitrogens with one attached hydrogen (secondary N) is 2. The van der Waals surface area contributed by atoms with Crippen LogP contribution in [-0.4, -0.2) is 22.4 Å². The molecule has 0 bridgehead atoms. The van der Waals surface area contributed by atoms with Crippen molar-refractivity contribution in [1.82, 2.24) is 10.7 Å². The van der Waals surface area contributed by atoms with Crippen molar-refractivity contribution >= 4 is 29.5 Å². The van der Waals surface area contributed by atoms with E-state index in [2.05, 4.69) is 15.8 Å². The van der Waals surface area contributed by atoms with Crippen LogP contribution in [0.25, 0.3) is 0 Å². The van der Waals surface area contributed by atoms with E-state index >= 15 is 0 Å². The predicted octanol–water partition coefficient (Wildman–Crippen LogP) is 2.94. The van der Waals surface area contributed by atoms with Crippen LogP contribution in [0.1, 0.15) is 34.5 Å². The summed E-state index contributed by atoms with van der Waals surface area (Å²) in [6.07, 6.45) is 1.44. The van der Waals surface area contributed by atoms with E-state index in [1.54, 1.807) is 18.2 Å². The number of nitrogens with zero attached hydrogens (tertiary/aromatic N) is 1. The molecular formula is C17H17N3O2S. The number of thiocarbonyl (C=S) groups is 1. The second-order valence-electron chi connectivity index (χ2n) is 4.87. The molecule has 6 heteroatoms. The van der Waals surface area contributed by atoms with Crippen LogP contribution in [0.3, 0.4) is 0 Å². The highest BCUT2D eigenvalue weighted by atomic mass is 32.1. The monoisotopic (exact) mass is 327 g/mol. The highest BCUT2D eigenvalue weighted by Gasteiger charge is 2.07. The minimum absolute atomic E-state index is 0.0395. The van der Waals surface area contributed by atoms with Crippen LogP contribution < -0.4 is 10.7 Å². The van der Waals surface area contributed by atoms with Gasteiger partial charge in [0.25, 0.3) is 0 Å². The molecule has 5 nitrogen and oxygen atoms in total. The average Bonchev–Trinajstić information content (AvgIpc) is 2.56. The van der Waals surface area contributed by atoms with Gasteiger partial charge < -0.3 is 10.4 Å². The highest BCUT2D eigenvalue weighted by Crippen LogP contribution is 2.10. The van der Waals surface area contributed by atoms with Gasteiger partial charge in [0.1, 0.15) is 0 Å². The molecule has 2 rings (SSSR count). The van der Waals surface area contributed by atoms with Crippen LogP contribution >= 0.6 is 12.2 Å². The maximum absolute atomic E-state index is 11.1. The highest BCUT2D eigenvalue weighted by molar-refractivity contribution is 7.80. The summed E-state index contributed by atoms with van der Waals surface area (Å²) in [6.45, 7) is 1.99. The molecule has 0 unspecified atom stereocenters. The summed E-state index contributed by atoms with van der Waals surface area (Å²) in [5.74, 6) is -0.995. The molecule has 2 aromatic rings. The molecule has 118 valence electrons. The Hall–Kier alpha value is -2.73. The molecule has 0 aromatic heterocycles. The second kappa shape index (κ2) is 8.05. The van der Waals surface area contributed by atoms with E-state index in [1.807, 2.05) is 37.3 Å². The van der Waals surface area contributed by atoms with Gasteiger partial charge >= 0.3 is 5.97 Å². The van der Waals surface area contributed by atoms with Gasteiger partial charge in [-0.05, 0) is 30.8 Å². The summed E-state index contributed by atoms with van der Waals surface area (Å²) in [6, 6.07) is 16.6. The Morgan fingerprint density at radius 1 is 1.17 bits per heavy atom. The Labute approximate surface area is 140 Å². The van der Waals surface area contributed by atoms with Gasteiger partial charge in [-0.1, -0.05) is 48.5 Å². The van der Waals surface area contributed by atoms with Crippen molar-refractivity contribution in [2.75, 3.05) is 0 Å². The van der Waals surface area contributed by atoms with Crippen molar-refractivity contribution in [3.63, 3.8) is 0 Å². The van der Waals surface area contributed by atoms with E-state index in [9.17, 15) is 4.79 Å². The molecule has 0 heterocycles. The number of hydrogen-bond acceptors (Lipinski definition) is 3. The minimum atomic E-state index is -0.995. The van der Waals surface area contributed by atoms with Gasteiger partial charge in [-0.3, -0.25) is 5.43 Å². The lowest BCUT2D eigenvalue weighted by Gasteiger charge is -2.15. The number of rotatable bonds is 5. The summed E-state index contributed by atoms with van der Waals surface area (Å²) in [5, 5.41) is 16.6. The van der Waals surface area contributed by atoms with Crippen LogP contribution in [0.2, 0.25) is 0 Å². The Morgan fingerprint density at radius 2 is 1.83 bits per heavy atom. The van der Waals surface area contributed by atoms with Gasteiger partial charge in [0.05, 0.1) is 17.8 Å². The molecule has 0 fully saturated rings. The molecular weight excluding hydrogens is 310 g/mol. The molecule has 3 N–H and O–H groups in total. The fourth-order valence-corrected chi connectivity index (χ4v) is 2.25. The zero-order chi connectivity index (χ0) is 16.7. The fourth-order valence-electron chi connectivity index (χ4n) is 2.02. The molecule has 0 aliphatic heterocycles. The summed E-state index contributed by atoms with van der Waals surface area (Å²) in [7, 11) is 0. The lowest BCUT2D eigenvalue weighted by Crippen LogP contribution is -2.34. The van der Waals surface area contributed by atoms with Crippen LogP contribution in [0, 0.1) is 0 Å². The summed E-state index contributed by atoms with van der Waals surface area (Å²) in [5.41, 5.74) is 4.50. The van der Waals surface area contributed by atoms with E-state index < -0.39 is 5.97 Å². The smallest absolute Gasteiger partial charge is 0.336 e. The maximum atomic E-state index is 11.1. The quantitative estimate of drug-likeness (QED) is 0.447. The first-order chi connectivity index (χ1) is 11.1. The van der Waals surface area contributed by atoms with Crippen LogP contribution in [0.5, 0.6) is 0 Å². The molecule has 23 heavy (non-hydrogen) atoms. The van der Waals surface area contributed by atoms with Crippen molar-refractivity contribution in [2.45, 2.75) is 13.0 Å². The van der Waals surface area contributed by atoms with Crippen LogP contribution in [-0.2, 0) is 0 Å². The predicted molar refractivity (Wildman–Crippen MR) is 94.7 cm³/mol. The third kappa shape index (κ3) is 4.89. The van der Waals surface area contributed by atoms with E-state index in [0.29, 0.717) is 10.7 Å². The first-order valence-electron chi connectivity index (χ1n) is 7.05. The standard InChI is InChI=1S/C17H17N3O2S/c1-12(13-7-3-2-4-8-13)19-17(23)20-18-11-14-9-5-6-10-15(14)16(21)22/h2-12H,1H3,(H,21,22)(H2,19,20,23)/b18-11+/t12-/m1/s1. The molecule has 0 radical (unpaired) electrons. The van der Waals surface area contributed by atoms with Gasteiger partial charge in [-0.15, -0.1) is 0 Å². The number of carbonyl (C=O) groups is 1. The number of hydrazone groups is 1. The SMILES string of the molecule is C[C@@H](NC(=S)N/N=C/c1ccccc1C(=O)O)c1ccccc1. The number of benzene rings is 2. The number of carboxylic acids is 1. The molecule has 0 saturated carbocycles. The number of hydrogen-bond donors (Lipinski definition) is 3. The van der Waals surface area contributed by atoms with Gasteiger partial charge in [0.15, 0.2) is 5.11 Å². The van der Waals surface area contributed by atoms with Gasteiger partial charge in [-0.2, -0.15) is 5.10 Å². The van der Waals surface area contributed by atoms with Crippen molar-refractivity contribution < 1.29 is 9.90 Å². The Balaban J connectivity index is 1.93. The lowest BCUT2D eigenvalue weighted by molar-refractivity contribution is 0.0697. The van der Waals surface area contributed by atoms with Gasteiger partial charge in [0.2, 0.25) is 0 Å². The van der Waals surface area contributed by atoms with Gasteiger partial charge in [-0.25, -0.2) is 4.79 Å². The molecule has 0 spiro atoms. The maximum Gasteiger partial charge on any atom is 0.336 e. The van der Waals surface area contributed by atoms with Gasteiger partial charge in [0, 0.05) is 5.56 Å². The second-order valence-corrected chi connectivity index (χ2v) is 5.28. The minimum Gasteiger partial charge on any atom is -0.478 e. The summed E-state index contributed by atoms with van der Waals surface area (Å²) in [4.78, 5) is 11.1. The molecule has 0 aliphatic carbocycles. The normalized spacial score (nSPS) is 11.9. The molecule has 2 aromatic carbocycles. The number of carboxylic acid groups (broad SMARTS) is 1. The van der Waals surface area contributed by atoms with E-state index in [1.165, 1.54) is 12.3 Å². The van der Waals surface area contributed by atoms with Crippen molar-refractivity contribution in [3.8, 4) is 0 Å². The van der Waals surface area contributed by atoms with Crippen LogP contribution in [0.15, 0.2) is 59.7 Å². The van der Waals surface area contributed by atoms with Crippen molar-refractivity contribution in [2.24, 2.45) is 5.10 Å². The molecule has 0 aliphatic rings. The van der Waals surface area contributed by atoms with Crippen molar-refractivity contribution in [1.29, 1.82) is 0 Å². The van der Waals surface area contributed by atoms with E-state index in [4.69, 9.17) is 17.3 Å². The Kier molecular flexibility index (Phi) is 5.82.